The van der Waals surface area contributed by atoms with E-state index in [0.29, 0.717) is 22.7 Å². The largest absolute Gasteiger partial charge is 0.437 e. The van der Waals surface area contributed by atoms with E-state index in [1.807, 2.05) is 0 Å². The van der Waals surface area contributed by atoms with Gasteiger partial charge >= 0.3 is 0 Å². The molecular formula is C15H11N3O3. The molecule has 0 radical (unpaired) electrons. The van der Waals surface area contributed by atoms with Gasteiger partial charge in [-0.1, -0.05) is 6.07 Å². The van der Waals surface area contributed by atoms with Crippen molar-refractivity contribution in [1.82, 2.24) is 4.98 Å². The molecule has 3 aromatic rings. The summed E-state index contributed by atoms with van der Waals surface area (Å²) in [6, 6.07) is 11.6. The van der Waals surface area contributed by atoms with Crippen molar-refractivity contribution in [2.75, 3.05) is 5.73 Å². The molecule has 21 heavy (non-hydrogen) atoms. The molecule has 1 aromatic heterocycles. The standard InChI is InChI=1S/C15H11N3O3/c16-12-2-1-3-13-15(12)17-14(21-13)9-6-10-4-7-11(8-5-10)18(19)20/h1-9H,16H2/b9-6+. The molecule has 3 rings (SSSR count). The van der Waals surface area contributed by atoms with Crippen LogP contribution in [0.2, 0.25) is 0 Å². The summed E-state index contributed by atoms with van der Waals surface area (Å²) in [5, 5.41) is 10.6. The van der Waals surface area contributed by atoms with E-state index in [1.165, 1.54) is 12.1 Å². The lowest BCUT2D eigenvalue weighted by Crippen LogP contribution is -1.86. The van der Waals surface area contributed by atoms with Crippen LogP contribution in [0, 0.1) is 10.1 Å². The predicted octanol–water partition coefficient (Wildman–Crippen LogP) is 3.49. The van der Waals surface area contributed by atoms with Crippen molar-refractivity contribution in [3.05, 3.63) is 64.0 Å². The maximum Gasteiger partial charge on any atom is 0.269 e. The average molecular weight is 281 g/mol. The number of fused-ring (bicyclic) bond motifs is 1. The summed E-state index contributed by atoms with van der Waals surface area (Å²) in [6.07, 6.45) is 3.46. The van der Waals surface area contributed by atoms with Gasteiger partial charge in [0.05, 0.1) is 10.6 Å². The average Bonchev–Trinajstić information content (AvgIpc) is 2.90. The van der Waals surface area contributed by atoms with Gasteiger partial charge in [-0.25, -0.2) is 4.98 Å². The summed E-state index contributed by atoms with van der Waals surface area (Å²) in [4.78, 5) is 14.4. The number of benzene rings is 2. The maximum atomic E-state index is 10.6. The van der Waals surface area contributed by atoms with Gasteiger partial charge in [-0.3, -0.25) is 10.1 Å². The molecule has 0 aliphatic rings. The fraction of sp³-hybridized carbons (Fsp3) is 0. The molecule has 0 saturated heterocycles. The lowest BCUT2D eigenvalue weighted by atomic mass is 10.2. The van der Waals surface area contributed by atoms with Crippen molar-refractivity contribution in [2.45, 2.75) is 0 Å². The zero-order chi connectivity index (χ0) is 14.8. The van der Waals surface area contributed by atoms with Crippen molar-refractivity contribution in [3.8, 4) is 0 Å². The highest BCUT2D eigenvalue weighted by Crippen LogP contribution is 2.22. The highest BCUT2D eigenvalue weighted by Gasteiger charge is 2.06. The van der Waals surface area contributed by atoms with E-state index in [1.54, 1.807) is 42.5 Å². The van der Waals surface area contributed by atoms with Crippen molar-refractivity contribution in [2.24, 2.45) is 0 Å². The first-order valence-electron chi connectivity index (χ1n) is 6.21. The monoisotopic (exact) mass is 281 g/mol. The van der Waals surface area contributed by atoms with Gasteiger partial charge in [0, 0.05) is 18.2 Å². The summed E-state index contributed by atoms with van der Waals surface area (Å²) in [7, 11) is 0. The molecule has 0 saturated carbocycles. The molecule has 0 aliphatic carbocycles. The van der Waals surface area contributed by atoms with E-state index in [2.05, 4.69) is 4.98 Å². The SMILES string of the molecule is Nc1cccc2oc(/C=C/c3ccc([N+](=O)[O-])cc3)nc12. The molecule has 6 nitrogen and oxygen atoms in total. The fourth-order valence-corrected chi connectivity index (χ4v) is 1.93. The van der Waals surface area contributed by atoms with E-state index < -0.39 is 4.92 Å². The number of nitro benzene ring substituents is 1. The molecular weight excluding hydrogens is 270 g/mol. The highest BCUT2D eigenvalue weighted by atomic mass is 16.6. The number of anilines is 1. The second kappa shape index (κ2) is 5.09. The number of hydrogen-bond acceptors (Lipinski definition) is 5. The van der Waals surface area contributed by atoms with Crippen molar-refractivity contribution in [1.29, 1.82) is 0 Å². The first kappa shape index (κ1) is 12.9. The van der Waals surface area contributed by atoms with Gasteiger partial charge in [0.15, 0.2) is 5.58 Å². The molecule has 0 unspecified atom stereocenters. The predicted molar refractivity (Wildman–Crippen MR) is 80.4 cm³/mol. The molecule has 6 heteroatoms. The Balaban J connectivity index is 1.87. The van der Waals surface area contributed by atoms with Gasteiger partial charge < -0.3 is 10.2 Å². The van der Waals surface area contributed by atoms with Crippen LogP contribution in [0.25, 0.3) is 23.3 Å². The number of aromatic nitrogens is 1. The van der Waals surface area contributed by atoms with Crippen LogP contribution in [-0.4, -0.2) is 9.91 Å². The first-order valence-corrected chi connectivity index (χ1v) is 6.21. The van der Waals surface area contributed by atoms with Gasteiger partial charge in [0.25, 0.3) is 5.69 Å². The zero-order valence-corrected chi connectivity index (χ0v) is 10.9. The Morgan fingerprint density at radius 2 is 1.90 bits per heavy atom. The second-order valence-electron chi connectivity index (χ2n) is 4.43. The normalized spacial score (nSPS) is 11.2. The minimum Gasteiger partial charge on any atom is -0.437 e. The molecule has 104 valence electrons. The Morgan fingerprint density at radius 1 is 1.14 bits per heavy atom. The molecule has 0 atom stereocenters. The van der Waals surface area contributed by atoms with Crippen LogP contribution < -0.4 is 5.73 Å². The lowest BCUT2D eigenvalue weighted by Gasteiger charge is -1.92. The summed E-state index contributed by atoms with van der Waals surface area (Å²) in [5.41, 5.74) is 8.49. The van der Waals surface area contributed by atoms with Crippen LogP contribution in [0.1, 0.15) is 11.5 Å². The van der Waals surface area contributed by atoms with Crippen molar-refractivity contribution >= 4 is 34.6 Å². The molecule has 0 bridgehead atoms. The van der Waals surface area contributed by atoms with Crippen molar-refractivity contribution < 1.29 is 9.34 Å². The molecule has 0 amide bonds. The van der Waals surface area contributed by atoms with Crippen LogP contribution in [0.15, 0.2) is 46.9 Å². The lowest BCUT2D eigenvalue weighted by molar-refractivity contribution is -0.384. The van der Waals surface area contributed by atoms with Crippen molar-refractivity contribution in [3.63, 3.8) is 0 Å². The van der Waals surface area contributed by atoms with Crippen LogP contribution >= 0.6 is 0 Å². The highest BCUT2D eigenvalue weighted by molar-refractivity contribution is 5.86. The van der Waals surface area contributed by atoms with Crippen LogP contribution in [0.4, 0.5) is 11.4 Å². The Morgan fingerprint density at radius 3 is 2.57 bits per heavy atom. The molecule has 0 aliphatic heterocycles. The van der Waals surface area contributed by atoms with Gasteiger partial charge in [-0.15, -0.1) is 0 Å². The number of nitrogen functional groups attached to an aromatic ring is 1. The Hall–Kier alpha value is -3.15. The van der Waals surface area contributed by atoms with Gasteiger partial charge in [-0.05, 0) is 35.9 Å². The molecule has 2 aromatic carbocycles. The number of para-hydroxylation sites is 1. The van der Waals surface area contributed by atoms with Crippen LogP contribution in [0.3, 0.4) is 0 Å². The molecule has 2 N–H and O–H groups in total. The maximum absolute atomic E-state index is 10.6. The number of rotatable bonds is 3. The van der Waals surface area contributed by atoms with E-state index in [0.717, 1.165) is 5.56 Å². The zero-order valence-electron chi connectivity index (χ0n) is 10.9. The number of nitrogens with two attached hydrogens (primary N) is 1. The van der Waals surface area contributed by atoms with E-state index in [9.17, 15) is 10.1 Å². The number of hydrogen-bond donors (Lipinski definition) is 1. The molecule has 1 heterocycles. The summed E-state index contributed by atoms with van der Waals surface area (Å²) in [5.74, 6) is 0.432. The summed E-state index contributed by atoms with van der Waals surface area (Å²) in [6.45, 7) is 0. The first-order chi connectivity index (χ1) is 10.1. The third kappa shape index (κ3) is 2.59. The Labute approximate surface area is 119 Å². The van der Waals surface area contributed by atoms with Gasteiger partial charge in [0.2, 0.25) is 5.89 Å². The van der Waals surface area contributed by atoms with Crippen LogP contribution in [0.5, 0.6) is 0 Å². The number of oxazole rings is 1. The second-order valence-corrected chi connectivity index (χ2v) is 4.43. The van der Waals surface area contributed by atoms with Gasteiger partial charge in [0.1, 0.15) is 5.52 Å². The quantitative estimate of drug-likeness (QED) is 0.450. The van der Waals surface area contributed by atoms with E-state index in [-0.39, 0.29) is 5.69 Å². The minimum absolute atomic E-state index is 0.0572. The van der Waals surface area contributed by atoms with Gasteiger partial charge in [-0.2, -0.15) is 0 Å². The van der Waals surface area contributed by atoms with E-state index in [4.69, 9.17) is 10.2 Å². The molecule has 0 fully saturated rings. The minimum atomic E-state index is -0.433. The number of non-ortho nitro benzene ring substituents is 1. The summed E-state index contributed by atoms with van der Waals surface area (Å²) < 4.78 is 5.55. The topological polar surface area (TPSA) is 95.2 Å². The fourth-order valence-electron chi connectivity index (χ4n) is 1.93. The Kier molecular flexibility index (Phi) is 3.12. The van der Waals surface area contributed by atoms with Crippen LogP contribution in [-0.2, 0) is 0 Å². The summed E-state index contributed by atoms with van der Waals surface area (Å²) >= 11 is 0. The molecule has 0 spiro atoms. The number of nitrogens with zero attached hydrogens (tertiary/aromatic N) is 2. The Bertz CT molecular complexity index is 835. The third-order valence-corrected chi connectivity index (χ3v) is 2.99. The smallest absolute Gasteiger partial charge is 0.269 e. The van der Waals surface area contributed by atoms with E-state index >= 15 is 0 Å². The number of nitro groups is 1. The third-order valence-electron chi connectivity index (χ3n) is 2.99.